The number of rotatable bonds is 8. The molecule has 22 heavy (non-hydrogen) atoms. The first-order chi connectivity index (χ1) is 10.6. The smallest absolute Gasteiger partial charge is 0.315 e. The van der Waals surface area contributed by atoms with E-state index in [0.29, 0.717) is 18.9 Å². The summed E-state index contributed by atoms with van der Waals surface area (Å²) >= 11 is 0. The highest BCUT2D eigenvalue weighted by molar-refractivity contribution is 5.74. The Balaban J connectivity index is 1.85. The number of aliphatic carboxylic acids is 1. The first-order valence-electron chi connectivity index (χ1n) is 7.50. The molecule has 1 aromatic rings. The second-order valence-electron chi connectivity index (χ2n) is 5.49. The van der Waals surface area contributed by atoms with Crippen LogP contribution in [-0.2, 0) is 4.79 Å². The fourth-order valence-corrected chi connectivity index (χ4v) is 2.35. The Morgan fingerprint density at radius 3 is 2.55 bits per heavy atom. The van der Waals surface area contributed by atoms with Crippen molar-refractivity contribution in [1.82, 2.24) is 10.6 Å². The van der Waals surface area contributed by atoms with Crippen molar-refractivity contribution < 1.29 is 19.4 Å². The van der Waals surface area contributed by atoms with E-state index in [2.05, 4.69) is 10.6 Å². The van der Waals surface area contributed by atoms with E-state index in [0.717, 1.165) is 24.2 Å². The van der Waals surface area contributed by atoms with Crippen LogP contribution in [0, 0.1) is 5.92 Å². The zero-order chi connectivity index (χ0) is 15.9. The van der Waals surface area contributed by atoms with E-state index in [-0.39, 0.29) is 18.5 Å². The predicted molar refractivity (Wildman–Crippen MR) is 81.9 cm³/mol. The van der Waals surface area contributed by atoms with E-state index < -0.39 is 5.97 Å². The van der Waals surface area contributed by atoms with Gasteiger partial charge in [-0.05, 0) is 42.9 Å². The van der Waals surface area contributed by atoms with Gasteiger partial charge in [-0.15, -0.1) is 0 Å². The van der Waals surface area contributed by atoms with Crippen LogP contribution in [0.1, 0.15) is 37.3 Å². The summed E-state index contributed by atoms with van der Waals surface area (Å²) in [4.78, 5) is 22.4. The van der Waals surface area contributed by atoms with Crippen molar-refractivity contribution in [3.8, 4) is 5.75 Å². The molecule has 1 aliphatic rings. The van der Waals surface area contributed by atoms with Gasteiger partial charge in [0.15, 0.2) is 0 Å². The van der Waals surface area contributed by atoms with Gasteiger partial charge in [0.25, 0.3) is 0 Å². The highest BCUT2D eigenvalue weighted by Crippen LogP contribution is 2.41. The number of amides is 2. The van der Waals surface area contributed by atoms with Crippen LogP contribution in [0.3, 0.4) is 0 Å². The Morgan fingerprint density at radius 2 is 2.00 bits per heavy atom. The summed E-state index contributed by atoms with van der Waals surface area (Å²) in [6, 6.07) is 7.44. The lowest BCUT2D eigenvalue weighted by Crippen LogP contribution is -2.39. The lowest BCUT2D eigenvalue weighted by atomic mass is 10.0. The highest BCUT2D eigenvalue weighted by Gasteiger charge is 2.33. The summed E-state index contributed by atoms with van der Waals surface area (Å²) < 4.78 is 5.14. The molecule has 1 aromatic carbocycles. The summed E-state index contributed by atoms with van der Waals surface area (Å²) in [7, 11) is 1.62. The van der Waals surface area contributed by atoms with Crippen molar-refractivity contribution in [3.63, 3.8) is 0 Å². The van der Waals surface area contributed by atoms with Crippen molar-refractivity contribution in [2.75, 3.05) is 13.7 Å². The number of hydrogen-bond acceptors (Lipinski definition) is 3. The van der Waals surface area contributed by atoms with Crippen LogP contribution in [0.25, 0.3) is 0 Å². The fraction of sp³-hybridized carbons (Fsp3) is 0.500. The first kappa shape index (κ1) is 16.1. The van der Waals surface area contributed by atoms with Crippen molar-refractivity contribution in [2.24, 2.45) is 5.92 Å². The number of carboxylic acid groups (broad SMARTS) is 1. The number of nitrogens with one attached hydrogen (secondary N) is 2. The second kappa shape index (κ2) is 7.68. The Kier molecular flexibility index (Phi) is 5.63. The van der Waals surface area contributed by atoms with Crippen LogP contribution in [0.2, 0.25) is 0 Å². The van der Waals surface area contributed by atoms with Gasteiger partial charge in [-0.25, -0.2) is 4.79 Å². The molecule has 1 saturated carbocycles. The maximum Gasteiger partial charge on any atom is 0.315 e. The Hall–Kier alpha value is -2.24. The fourth-order valence-electron chi connectivity index (χ4n) is 2.35. The molecular formula is C16H22N2O4. The standard InChI is InChI=1S/C16H22N2O4/c1-22-13-8-6-12(7-9-13)15(11-4-5-11)18-16(21)17-10-2-3-14(19)20/h6-9,11,15H,2-5,10H2,1H3,(H,19,20)(H2,17,18,21). The molecule has 0 aromatic heterocycles. The predicted octanol–water partition coefficient (Wildman–Crippen LogP) is 2.31. The minimum Gasteiger partial charge on any atom is -0.497 e. The second-order valence-corrected chi connectivity index (χ2v) is 5.49. The third-order valence-electron chi connectivity index (χ3n) is 3.71. The first-order valence-corrected chi connectivity index (χ1v) is 7.50. The number of carbonyl (C=O) groups excluding carboxylic acids is 1. The summed E-state index contributed by atoms with van der Waals surface area (Å²) in [5.74, 6) is 0.408. The molecule has 1 atom stereocenters. The normalized spacial score (nSPS) is 15.0. The zero-order valence-corrected chi connectivity index (χ0v) is 12.7. The molecule has 0 spiro atoms. The van der Waals surface area contributed by atoms with Crippen LogP contribution in [0.15, 0.2) is 24.3 Å². The number of carbonyl (C=O) groups is 2. The topological polar surface area (TPSA) is 87.7 Å². The van der Waals surface area contributed by atoms with Gasteiger partial charge in [-0.2, -0.15) is 0 Å². The number of benzene rings is 1. The monoisotopic (exact) mass is 306 g/mol. The lowest BCUT2D eigenvalue weighted by molar-refractivity contribution is -0.137. The molecule has 0 radical (unpaired) electrons. The third kappa shape index (κ3) is 4.95. The van der Waals surface area contributed by atoms with Gasteiger partial charge in [0, 0.05) is 13.0 Å². The molecule has 0 bridgehead atoms. The lowest BCUT2D eigenvalue weighted by Gasteiger charge is -2.19. The van der Waals surface area contributed by atoms with E-state index in [9.17, 15) is 9.59 Å². The summed E-state index contributed by atoms with van der Waals surface area (Å²) in [6.07, 6.45) is 2.70. The van der Waals surface area contributed by atoms with E-state index in [1.807, 2.05) is 24.3 Å². The number of hydrogen-bond donors (Lipinski definition) is 3. The van der Waals surface area contributed by atoms with Crippen molar-refractivity contribution in [2.45, 2.75) is 31.7 Å². The zero-order valence-electron chi connectivity index (χ0n) is 12.7. The number of urea groups is 1. The van der Waals surface area contributed by atoms with Gasteiger partial charge in [0.05, 0.1) is 13.2 Å². The molecule has 3 N–H and O–H groups in total. The van der Waals surface area contributed by atoms with Gasteiger partial charge >= 0.3 is 12.0 Å². The molecule has 0 heterocycles. The molecule has 2 amide bonds. The highest BCUT2D eigenvalue weighted by atomic mass is 16.5. The summed E-state index contributed by atoms with van der Waals surface area (Å²) in [6.45, 7) is 0.359. The van der Waals surface area contributed by atoms with Crippen molar-refractivity contribution in [1.29, 1.82) is 0 Å². The third-order valence-corrected chi connectivity index (χ3v) is 3.71. The molecule has 1 unspecified atom stereocenters. The average Bonchev–Trinajstić information content (AvgIpc) is 3.34. The van der Waals surface area contributed by atoms with E-state index in [1.165, 1.54) is 0 Å². The van der Waals surface area contributed by atoms with Gasteiger partial charge < -0.3 is 20.5 Å². The molecule has 1 aliphatic carbocycles. The van der Waals surface area contributed by atoms with Gasteiger partial charge in [0.1, 0.15) is 5.75 Å². The van der Waals surface area contributed by atoms with Crippen LogP contribution in [0.5, 0.6) is 5.75 Å². The van der Waals surface area contributed by atoms with Gasteiger partial charge in [0.2, 0.25) is 0 Å². The van der Waals surface area contributed by atoms with Crippen molar-refractivity contribution >= 4 is 12.0 Å². The maximum absolute atomic E-state index is 11.9. The quantitative estimate of drug-likeness (QED) is 0.643. The van der Waals surface area contributed by atoms with Crippen LogP contribution < -0.4 is 15.4 Å². The van der Waals surface area contributed by atoms with E-state index in [1.54, 1.807) is 7.11 Å². The Labute approximate surface area is 129 Å². The van der Waals surface area contributed by atoms with Crippen LogP contribution in [0.4, 0.5) is 4.79 Å². The van der Waals surface area contributed by atoms with Crippen LogP contribution >= 0.6 is 0 Å². The van der Waals surface area contributed by atoms with E-state index in [4.69, 9.17) is 9.84 Å². The molecule has 120 valence electrons. The van der Waals surface area contributed by atoms with E-state index >= 15 is 0 Å². The average molecular weight is 306 g/mol. The summed E-state index contributed by atoms with van der Waals surface area (Å²) in [5, 5.41) is 14.2. The number of methoxy groups -OCH3 is 1. The number of carboxylic acids is 1. The Bertz CT molecular complexity index is 511. The molecule has 2 rings (SSSR count). The maximum atomic E-state index is 11.9. The van der Waals surface area contributed by atoms with Crippen LogP contribution in [-0.4, -0.2) is 30.8 Å². The molecule has 0 aliphatic heterocycles. The minimum atomic E-state index is -0.851. The Morgan fingerprint density at radius 1 is 1.32 bits per heavy atom. The summed E-state index contributed by atoms with van der Waals surface area (Å²) in [5.41, 5.74) is 1.06. The minimum absolute atomic E-state index is 0.00891. The van der Waals surface area contributed by atoms with Crippen molar-refractivity contribution in [3.05, 3.63) is 29.8 Å². The molecule has 6 nitrogen and oxygen atoms in total. The largest absolute Gasteiger partial charge is 0.497 e. The SMILES string of the molecule is COc1ccc(C(NC(=O)NCCCC(=O)O)C2CC2)cc1. The molecule has 0 saturated heterocycles. The number of ether oxygens (including phenoxy) is 1. The molecular weight excluding hydrogens is 284 g/mol. The molecule has 1 fully saturated rings. The van der Waals surface area contributed by atoms with Gasteiger partial charge in [-0.3, -0.25) is 4.79 Å². The molecule has 6 heteroatoms. The van der Waals surface area contributed by atoms with Gasteiger partial charge in [-0.1, -0.05) is 12.1 Å².